The van der Waals surface area contributed by atoms with Gasteiger partial charge in [-0.15, -0.1) is 0 Å². The fourth-order valence-electron chi connectivity index (χ4n) is 2.07. The van der Waals surface area contributed by atoms with E-state index in [1.54, 1.807) is 0 Å². The predicted molar refractivity (Wildman–Crippen MR) is 76.1 cm³/mol. The van der Waals surface area contributed by atoms with Crippen molar-refractivity contribution in [2.45, 2.75) is 20.8 Å². The summed E-state index contributed by atoms with van der Waals surface area (Å²) in [4.78, 5) is 0. The Balaban J connectivity index is 2.43. The van der Waals surface area contributed by atoms with Gasteiger partial charge in [0.05, 0.1) is 0 Å². The average Bonchev–Trinajstić information content (AvgIpc) is 2.29. The summed E-state index contributed by atoms with van der Waals surface area (Å²) in [7, 11) is 0. The van der Waals surface area contributed by atoms with Crippen LogP contribution in [0.15, 0.2) is 49.0 Å². The number of hydrogen-bond acceptors (Lipinski definition) is 0. The molecule has 0 N–H and O–H groups in total. The zero-order chi connectivity index (χ0) is 12.4. The maximum atomic E-state index is 3.96. The van der Waals surface area contributed by atoms with Crippen molar-refractivity contribution in [1.29, 1.82) is 0 Å². The lowest BCUT2D eigenvalue weighted by atomic mass is 9.97. The summed E-state index contributed by atoms with van der Waals surface area (Å²) < 4.78 is 0. The normalized spacial score (nSPS) is 10.3. The molecule has 0 saturated carbocycles. The highest BCUT2D eigenvalue weighted by Gasteiger charge is 2.02. The van der Waals surface area contributed by atoms with Gasteiger partial charge >= 0.3 is 0 Å². The van der Waals surface area contributed by atoms with Gasteiger partial charge < -0.3 is 0 Å². The Morgan fingerprint density at radius 3 is 2.12 bits per heavy atom. The molecule has 0 aliphatic rings. The lowest BCUT2D eigenvalue weighted by molar-refractivity contribution is 1.38. The van der Waals surface area contributed by atoms with Crippen molar-refractivity contribution in [3.8, 4) is 11.1 Å². The van der Waals surface area contributed by atoms with E-state index < -0.39 is 0 Å². The molecule has 0 aromatic heterocycles. The van der Waals surface area contributed by atoms with Crippen LogP contribution in [0.2, 0.25) is 0 Å². The average molecular weight is 222 g/mol. The van der Waals surface area contributed by atoms with E-state index >= 15 is 0 Å². The number of benzene rings is 2. The summed E-state index contributed by atoms with van der Waals surface area (Å²) in [5.41, 5.74) is 7.53. The maximum Gasteiger partial charge on any atom is -0.0155 e. The molecule has 0 unspecified atom stereocenters. The Hall–Kier alpha value is -1.82. The smallest absolute Gasteiger partial charge is 0.0155 e. The van der Waals surface area contributed by atoms with Crippen molar-refractivity contribution in [3.63, 3.8) is 0 Å². The van der Waals surface area contributed by atoms with Crippen molar-refractivity contribution >= 4 is 5.57 Å². The van der Waals surface area contributed by atoms with Crippen molar-refractivity contribution < 1.29 is 0 Å². The Morgan fingerprint density at radius 1 is 0.941 bits per heavy atom. The van der Waals surface area contributed by atoms with Crippen LogP contribution in [0.3, 0.4) is 0 Å². The van der Waals surface area contributed by atoms with Gasteiger partial charge in [0.25, 0.3) is 0 Å². The van der Waals surface area contributed by atoms with Crippen molar-refractivity contribution in [3.05, 3.63) is 65.7 Å². The van der Waals surface area contributed by atoms with Gasteiger partial charge in [-0.1, -0.05) is 60.2 Å². The van der Waals surface area contributed by atoms with Gasteiger partial charge in [-0.3, -0.25) is 0 Å². The van der Waals surface area contributed by atoms with E-state index in [1.807, 2.05) is 6.92 Å². The third-order valence-corrected chi connectivity index (χ3v) is 3.07. The summed E-state index contributed by atoms with van der Waals surface area (Å²) in [5, 5.41) is 0. The number of allylic oxidation sites excluding steroid dienone is 1. The van der Waals surface area contributed by atoms with Crippen LogP contribution in [0.1, 0.15) is 23.6 Å². The van der Waals surface area contributed by atoms with Gasteiger partial charge in [-0.05, 0) is 43.0 Å². The molecule has 0 atom stereocenters. The molecule has 0 amide bonds. The molecule has 86 valence electrons. The fourth-order valence-corrected chi connectivity index (χ4v) is 2.07. The summed E-state index contributed by atoms with van der Waals surface area (Å²) in [6, 6.07) is 15.2. The Morgan fingerprint density at radius 2 is 1.59 bits per heavy atom. The molecular weight excluding hydrogens is 204 g/mol. The minimum absolute atomic E-state index is 1.11. The topological polar surface area (TPSA) is 0 Å². The molecule has 0 radical (unpaired) electrons. The Kier molecular flexibility index (Phi) is 3.14. The van der Waals surface area contributed by atoms with E-state index in [-0.39, 0.29) is 0 Å². The Bertz CT molecular complexity index is 545. The molecule has 0 heterocycles. The minimum atomic E-state index is 1.11. The largest absolute Gasteiger partial charge is 0.0955 e. The number of aryl methyl sites for hydroxylation is 2. The highest BCUT2D eigenvalue weighted by Crippen LogP contribution is 2.25. The van der Waals surface area contributed by atoms with Gasteiger partial charge in [0, 0.05) is 0 Å². The van der Waals surface area contributed by atoms with Crippen LogP contribution in [0.5, 0.6) is 0 Å². The second-order valence-electron chi connectivity index (χ2n) is 4.68. The third-order valence-electron chi connectivity index (χ3n) is 3.07. The molecule has 0 bridgehead atoms. The van der Waals surface area contributed by atoms with Gasteiger partial charge in [0.2, 0.25) is 0 Å². The minimum Gasteiger partial charge on any atom is -0.0955 e. The molecule has 2 aromatic carbocycles. The second kappa shape index (κ2) is 4.58. The van der Waals surface area contributed by atoms with Gasteiger partial charge in [0.1, 0.15) is 0 Å². The van der Waals surface area contributed by atoms with Crippen LogP contribution in [0.4, 0.5) is 0 Å². The quantitative estimate of drug-likeness (QED) is 0.670. The van der Waals surface area contributed by atoms with Gasteiger partial charge in [0.15, 0.2) is 0 Å². The zero-order valence-electron chi connectivity index (χ0n) is 10.7. The van der Waals surface area contributed by atoms with Gasteiger partial charge in [-0.25, -0.2) is 0 Å². The SMILES string of the molecule is C=C(C)c1ccc(-c2ccc(C)cc2C)cc1. The summed E-state index contributed by atoms with van der Waals surface area (Å²) in [6.45, 7) is 10.3. The predicted octanol–water partition coefficient (Wildman–Crippen LogP) is 5.00. The maximum absolute atomic E-state index is 3.96. The molecule has 0 spiro atoms. The monoisotopic (exact) mass is 222 g/mol. The van der Waals surface area contributed by atoms with E-state index in [2.05, 4.69) is 62.9 Å². The Labute approximate surface area is 104 Å². The standard InChI is InChI=1S/C17H18/c1-12(2)15-6-8-16(9-7-15)17-10-5-13(3)11-14(17)4/h5-11H,1H2,2-4H3. The summed E-state index contributed by atoms with van der Waals surface area (Å²) in [5.74, 6) is 0. The third kappa shape index (κ3) is 2.47. The van der Waals surface area contributed by atoms with Crippen molar-refractivity contribution in [1.82, 2.24) is 0 Å². The van der Waals surface area contributed by atoms with E-state index in [1.165, 1.54) is 27.8 Å². The first kappa shape index (κ1) is 11.7. The highest BCUT2D eigenvalue weighted by atomic mass is 14.1. The molecule has 0 aliphatic heterocycles. The molecule has 2 rings (SSSR count). The molecule has 0 saturated heterocycles. The number of rotatable bonds is 2. The highest BCUT2D eigenvalue weighted by molar-refractivity contribution is 5.71. The summed E-state index contributed by atoms with van der Waals surface area (Å²) >= 11 is 0. The summed E-state index contributed by atoms with van der Waals surface area (Å²) in [6.07, 6.45) is 0. The molecule has 0 heteroatoms. The molecule has 17 heavy (non-hydrogen) atoms. The molecule has 0 nitrogen and oxygen atoms in total. The van der Waals surface area contributed by atoms with Crippen LogP contribution in [0.25, 0.3) is 16.7 Å². The van der Waals surface area contributed by atoms with Crippen LogP contribution in [0, 0.1) is 13.8 Å². The molecule has 2 aromatic rings. The number of hydrogen-bond donors (Lipinski definition) is 0. The first-order chi connectivity index (χ1) is 8.08. The van der Waals surface area contributed by atoms with E-state index in [0.29, 0.717) is 0 Å². The molecule has 0 aliphatic carbocycles. The van der Waals surface area contributed by atoms with Crippen LogP contribution in [-0.2, 0) is 0 Å². The second-order valence-corrected chi connectivity index (χ2v) is 4.68. The zero-order valence-corrected chi connectivity index (χ0v) is 10.7. The van der Waals surface area contributed by atoms with Crippen LogP contribution >= 0.6 is 0 Å². The molecular formula is C17H18. The lowest BCUT2D eigenvalue weighted by Crippen LogP contribution is -1.85. The lowest BCUT2D eigenvalue weighted by Gasteiger charge is -2.08. The van der Waals surface area contributed by atoms with Gasteiger partial charge in [-0.2, -0.15) is 0 Å². The van der Waals surface area contributed by atoms with Crippen molar-refractivity contribution in [2.75, 3.05) is 0 Å². The van der Waals surface area contributed by atoms with Crippen molar-refractivity contribution in [2.24, 2.45) is 0 Å². The van der Waals surface area contributed by atoms with Crippen LogP contribution < -0.4 is 0 Å². The van der Waals surface area contributed by atoms with Crippen LogP contribution in [-0.4, -0.2) is 0 Å². The van der Waals surface area contributed by atoms with E-state index in [4.69, 9.17) is 0 Å². The molecule has 0 fully saturated rings. The first-order valence-corrected chi connectivity index (χ1v) is 5.91. The van der Waals surface area contributed by atoms with E-state index in [0.717, 1.165) is 5.57 Å². The first-order valence-electron chi connectivity index (χ1n) is 5.91. The fraction of sp³-hybridized carbons (Fsp3) is 0.176. The van der Waals surface area contributed by atoms with E-state index in [9.17, 15) is 0 Å².